The molecule has 0 heterocycles. The van der Waals surface area contributed by atoms with Crippen LogP contribution < -0.4 is 0 Å². The summed E-state index contributed by atoms with van der Waals surface area (Å²) in [5.74, 6) is 0.668. The summed E-state index contributed by atoms with van der Waals surface area (Å²) in [6.45, 7) is -0.313. The normalized spacial score (nSPS) is 16.8. The van der Waals surface area contributed by atoms with E-state index in [1.54, 1.807) is 0 Å². The second-order valence-corrected chi connectivity index (χ2v) is 3.11. The summed E-state index contributed by atoms with van der Waals surface area (Å²) in [5.41, 5.74) is 2.12. The van der Waals surface area contributed by atoms with Gasteiger partial charge in [0.25, 0.3) is 0 Å². The lowest BCUT2D eigenvalue weighted by Crippen LogP contribution is -1.87. The summed E-state index contributed by atoms with van der Waals surface area (Å²) >= 11 is 0. The fourth-order valence-electron chi connectivity index (χ4n) is 1.45. The summed E-state index contributed by atoms with van der Waals surface area (Å²) < 4.78 is 12.4. The molecule has 0 aliphatic heterocycles. The van der Waals surface area contributed by atoms with Crippen molar-refractivity contribution in [1.82, 2.24) is 0 Å². The Balaban J connectivity index is 2.34. The van der Waals surface area contributed by atoms with Gasteiger partial charge in [-0.2, -0.15) is 0 Å². The van der Waals surface area contributed by atoms with Crippen LogP contribution in [-0.4, -0.2) is 0 Å². The second-order valence-electron chi connectivity index (χ2n) is 3.11. The fraction of sp³-hybridized carbons (Fsp3) is 0.400. The highest BCUT2D eigenvalue weighted by atomic mass is 19.1. The average molecular weight is 150 g/mol. The lowest BCUT2D eigenvalue weighted by atomic mass is 10.0. The van der Waals surface area contributed by atoms with Crippen LogP contribution in [0.5, 0.6) is 0 Å². The van der Waals surface area contributed by atoms with Crippen LogP contribution in [-0.2, 0) is 6.67 Å². The van der Waals surface area contributed by atoms with Gasteiger partial charge in [0.2, 0.25) is 0 Å². The molecule has 1 aromatic rings. The molecule has 1 heteroatoms. The molecule has 0 unspecified atom stereocenters. The average Bonchev–Trinajstić information content (AvgIpc) is 2.87. The van der Waals surface area contributed by atoms with Crippen molar-refractivity contribution in [1.29, 1.82) is 0 Å². The van der Waals surface area contributed by atoms with Crippen LogP contribution >= 0.6 is 0 Å². The molecule has 0 nitrogen and oxygen atoms in total. The topological polar surface area (TPSA) is 0 Å². The van der Waals surface area contributed by atoms with E-state index in [9.17, 15) is 4.39 Å². The lowest BCUT2D eigenvalue weighted by molar-refractivity contribution is 0.482. The minimum atomic E-state index is -0.313. The van der Waals surface area contributed by atoms with Crippen molar-refractivity contribution in [3.05, 3.63) is 35.4 Å². The van der Waals surface area contributed by atoms with Gasteiger partial charge in [-0.15, -0.1) is 0 Å². The molecular formula is C10H11F. The van der Waals surface area contributed by atoms with E-state index < -0.39 is 0 Å². The Morgan fingerprint density at radius 2 is 2.00 bits per heavy atom. The van der Waals surface area contributed by atoms with Gasteiger partial charge in [0, 0.05) is 0 Å². The first-order valence-corrected chi connectivity index (χ1v) is 4.05. The van der Waals surface area contributed by atoms with Gasteiger partial charge >= 0.3 is 0 Å². The van der Waals surface area contributed by atoms with Crippen LogP contribution in [0.3, 0.4) is 0 Å². The minimum Gasteiger partial charge on any atom is -0.246 e. The highest BCUT2D eigenvalue weighted by Gasteiger charge is 2.25. The molecule has 0 bridgehead atoms. The Hall–Kier alpha value is -0.850. The molecule has 0 N–H and O–H groups in total. The van der Waals surface area contributed by atoms with Crippen LogP contribution in [0.1, 0.15) is 29.9 Å². The Morgan fingerprint density at radius 3 is 2.64 bits per heavy atom. The lowest BCUT2D eigenvalue weighted by Gasteiger charge is -2.02. The smallest absolute Gasteiger partial charge is 0.115 e. The molecule has 1 aromatic carbocycles. The number of hydrogen-bond donors (Lipinski definition) is 0. The molecule has 1 fully saturated rings. The number of benzene rings is 1. The SMILES string of the molecule is FCc1ccccc1C1CC1. The quantitative estimate of drug-likeness (QED) is 0.607. The maximum absolute atomic E-state index is 12.4. The third kappa shape index (κ3) is 1.28. The zero-order valence-electron chi connectivity index (χ0n) is 6.39. The van der Waals surface area contributed by atoms with Gasteiger partial charge in [0.15, 0.2) is 0 Å². The third-order valence-electron chi connectivity index (χ3n) is 2.22. The zero-order chi connectivity index (χ0) is 7.68. The van der Waals surface area contributed by atoms with E-state index in [4.69, 9.17) is 0 Å². The van der Waals surface area contributed by atoms with Crippen molar-refractivity contribution in [2.24, 2.45) is 0 Å². The first kappa shape index (κ1) is 6.84. The van der Waals surface area contributed by atoms with Crippen LogP contribution in [0.2, 0.25) is 0 Å². The third-order valence-corrected chi connectivity index (χ3v) is 2.22. The highest BCUT2D eigenvalue weighted by Crippen LogP contribution is 2.41. The van der Waals surface area contributed by atoms with E-state index in [1.807, 2.05) is 24.3 Å². The highest BCUT2D eigenvalue weighted by molar-refractivity contribution is 5.32. The number of hydrogen-bond acceptors (Lipinski definition) is 0. The molecule has 58 valence electrons. The van der Waals surface area contributed by atoms with Crippen molar-refractivity contribution >= 4 is 0 Å². The van der Waals surface area contributed by atoms with Crippen LogP contribution in [0.4, 0.5) is 4.39 Å². The number of halogens is 1. The van der Waals surface area contributed by atoms with Crippen LogP contribution in [0.15, 0.2) is 24.3 Å². The summed E-state index contributed by atoms with van der Waals surface area (Å²) in [6, 6.07) is 7.83. The van der Waals surface area contributed by atoms with Crippen molar-refractivity contribution in [3.63, 3.8) is 0 Å². The van der Waals surface area contributed by atoms with Gasteiger partial charge < -0.3 is 0 Å². The Kier molecular flexibility index (Phi) is 1.65. The Bertz CT molecular complexity index is 251. The molecule has 1 aliphatic rings. The predicted molar refractivity (Wildman–Crippen MR) is 43.2 cm³/mol. The fourth-order valence-corrected chi connectivity index (χ4v) is 1.45. The standard InChI is InChI=1S/C10H11F/c11-7-9-3-1-2-4-10(9)8-5-6-8/h1-4,8H,5-7H2. The van der Waals surface area contributed by atoms with E-state index in [0.29, 0.717) is 5.92 Å². The Morgan fingerprint density at radius 1 is 1.27 bits per heavy atom. The zero-order valence-corrected chi connectivity index (χ0v) is 6.39. The van der Waals surface area contributed by atoms with E-state index in [-0.39, 0.29) is 6.67 Å². The number of alkyl halides is 1. The van der Waals surface area contributed by atoms with E-state index in [1.165, 1.54) is 18.4 Å². The van der Waals surface area contributed by atoms with Gasteiger partial charge in [0.1, 0.15) is 6.67 Å². The maximum atomic E-state index is 12.4. The van der Waals surface area contributed by atoms with Gasteiger partial charge in [-0.25, -0.2) is 4.39 Å². The van der Waals surface area contributed by atoms with Gasteiger partial charge in [-0.1, -0.05) is 24.3 Å². The van der Waals surface area contributed by atoms with E-state index in [2.05, 4.69) is 0 Å². The van der Waals surface area contributed by atoms with Gasteiger partial charge in [-0.05, 0) is 29.9 Å². The van der Waals surface area contributed by atoms with Crippen LogP contribution in [0.25, 0.3) is 0 Å². The molecule has 0 aromatic heterocycles. The van der Waals surface area contributed by atoms with Crippen molar-refractivity contribution in [2.75, 3.05) is 0 Å². The molecule has 0 saturated heterocycles. The summed E-state index contributed by atoms with van der Waals surface area (Å²) in [6.07, 6.45) is 2.49. The van der Waals surface area contributed by atoms with Crippen molar-refractivity contribution in [2.45, 2.75) is 25.4 Å². The molecule has 0 amide bonds. The first-order valence-electron chi connectivity index (χ1n) is 4.05. The molecule has 1 saturated carbocycles. The molecular weight excluding hydrogens is 139 g/mol. The maximum Gasteiger partial charge on any atom is 0.115 e. The minimum absolute atomic E-state index is 0.313. The van der Waals surface area contributed by atoms with Crippen molar-refractivity contribution in [3.8, 4) is 0 Å². The summed E-state index contributed by atoms with van der Waals surface area (Å²) in [4.78, 5) is 0. The predicted octanol–water partition coefficient (Wildman–Crippen LogP) is 3.03. The molecule has 0 spiro atoms. The first-order chi connectivity index (χ1) is 5.42. The van der Waals surface area contributed by atoms with Gasteiger partial charge in [0.05, 0.1) is 0 Å². The number of rotatable bonds is 2. The monoisotopic (exact) mass is 150 g/mol. The largest absolute Gasteiger partial charge is 0.246 e. The molecule has 1 aliphatic carbocycles. The van der Waals surface area contributed by atoms with E-state index in [0.717, 1.165) is 5.56 Å². The molecule has 11 heavy (non-hydrogen) atoms. The summed E-state index contributed by atoms with van der Waals surface area (Å²) in [5, 5.41) is 0. The van der Waals surface area contributed by atoms with Gasteiger partial charge in [-0.3, -0.25) is 0 Å². The van der Waals surface area contributed by atoms with Crippen molar-refractivity contribution < 1.29 is 4.39 Å². The van der Waals surface area contributed by atoms with E-state index >= 15 is 0 Å². The molecule has 0 radical (unpaired) electrons. The Labute approximate surface area is 66.1 Å². The second kappa shape index (κ2) is 2.65. The molecule has 2 rings (SSSR count). The molecule has 0 atom stereocenters. The van der Waals surface area contributed by atoms with Crippen LogP contribution in [0, 0.1) is 0 Å². The summed E-state index contributed by atoms with van der Waals surface area (Å²) in [7, 11) is 0.